The summed E-state index contributed by atoms with van der Waals surface area (Å²) in [6, 6.07) is 15.6. The summed E-state index contributed by atoms with van der Waals surface area (Å²) in [4.78, 5) is 42.8. The zero-order valence-electron chi connectivity index (χ0n) is 26.8. The summed E-state index contributed by atoms with van der Waals surface area (Å²) in [6.07, 6.45) is 0.170. The lowest BCUT2D eigenvalue weighted by Gasteiger charge is -2.32. The van der Waals surface area contributed by atoms with Crippen molar-refractivity contribution in [3.63, 3.8) is 0 Å². The van der Waals surface area contributed by atoms with Crippen LogP contribution in [0.4, 0.5) is 9.59 Å². The third-order valence-electron chi connectivity index (χ3n) is 7.11. The molecule has 45 heavy (non-hydrogen) atoms. The summed E-state index contributed by atoms with van der Waals surface area (Å²) in [5, 5.41) is 21.6. The summed E-state index contributed by atoms with van der Waals surface area (Å²) in [7, 11) is 1.24. The summed E-state index contributed by atoms with van der Waals surface area (Å²) < 4.78 is 10.2. The molecule has 1 heterocycles. The largest absolute Gasteiger partial charge is 0.453 e. The zero-order chi connectivity index (χ0) is 33.0. The van der Waals surface area contributed by atoms with Gasteiger partial charge in [-0.05, 0) is 44.2 Å². The number of methoxy groups -OCH3 is 1. The van der Waals surface area contributed by atoms with Gasteiger partial charge >= 0.3 is 12.2 Å². The molecule has 4 N–H and O–H groups in total. The summed E-state index contributed by atoms with van der Waals surface area (Å²) in [5.74, 6) is -0.643. The number of aromatic nitrogens is 1. The number of rotatable bonds is 14. The molecular weight excluding hydrogens is 594 g/mol. The number of amides is 3. The molecular formula is C33H45N5O6S. The molecule has 0 saturated heterocycles. The highest BCUT2D eigenvalue weighted by molar-refractivity contribution is 7.13. The molecule has 0 aliphatic carbocycles. The van der Waals surface area contributed by atoms with Crippen LogP contribution in [0.15, 0.2) is 66.2 Å². The first-order chi connectivity index (χ1) is 21.4. The molecule has 0 aliphatic rings. The average Bonchev–Trinajstić information content (AvgIpc) is 3.54. The van der Waals surface area contributed by atoms with Crippen molar-refractivity contribution >= 4 is 29.4 Å². The van der Waals surface area contributed by atoms with Crippen molar-refractivity contribution in [2.24, 2.45) is 5.92 Å². The third-order valence-corrected chi connectivity index (χ3v) is 7.93. The van der Waals surface area contributed by atoms with Gasteiger partial charge in [-0.25, -0.2) is 19.6 Å². The van der Waals surface area contributed by atoms with E-state index in [4.69, 9.17) is 9.47 Å². The molecule has 2 aromatic carbocycles. The lowest BCUT2D eigenvalue weighted by molar-refractivity contribution is -0.126. The predicted molar refractivity (Wildman–Crippen MR) is 174 cm³/mol. The number of hydrogen-bond acceptors (Lipinski definition) is 9. The van der Waals surface area contributed by atoms with Gasteiger partial charge in [-0.15, -0.1) is 11.3 Å². The van der Waals surface area contributed by atoms with E-state index in [2.05, 4.69) is 21.0 Å². The molecule has 1 aromatic heterocycles. The number of aliphatic hydroxyl groups excluding tert-OH is 1. The summed E-state index contributed by atoms with van der Waals surface area (Å²) in [5.41, 5.74) is 4.78. The van der Waals surface area contributed by atoms with Crippen LogP contribution in [-0.2, 0) is 27.2 Å². The molecule has 3 amide bonds. The van der Waals surface area contributed by atoms with Gasteiger partial charge in [0, 0.05) is 30.2 Å². The van der Waals surface area contributed by atoms with Gasteiger partial charge in [-0.3, -0.25) is 10.2 Å². The number of hydrazine groups is 1. The summed E-state index contributed by atoms with van der Waals surface area (Å²) in [6.45, 7) is 9.29. The van der Waals surface area contributed by atoms with E-state index >= 15 is 0 Å². The molecule has 12 heteroatoms. The Morgan fingerprint density at radius 3 is 2.27 bits per heavy atom. The fraction of sp³-hybridized carbons (Fsp3) is 0.455. The van der Waals surface area contributed by atoms with Gasteiger partial charge in [0.05, 0.1) is 19.3 Å². The minimum absolute atomic E-state index is 0.0380. The lowest BCUT2D eigenvalue weighted by atomic mass is 9.96. The highest BCUT2D eigenvalue weighted by Gasteiger charge is 2.31. The van der Waals surface area contributed by atoms with Crippen LogP contribution in [0.25, 0.3) is 10.6 Å². The van der Waals surface area contributed by atoms with Crippen molar-refractivity contribution in [1.29, 1.82) is 0 Å². The van der Waals surface area contributed by atoms with E-state index in [-0.39, 0.29) is 19.0 Å². The summed E-state index contributed by atoms with van der Waals surface area (Å²) >= 11 is 1.54. The molecule has 3 aromatic rings. The van der Waals surface area contributed by atoms with Crippen molar-refractivity contribution in [2.75, 3.05) is 13.7 Å². The van der Waals surface area contributed by atoms with Gasteiger partial charge in [-0.1, -0.05) is 74.9 Å². The van der Waals surface area contributed by atoms with Gasteiger partial charge < -0.3 is 25.2 Å². The number of carbonyl (C=O) groups excluding carboxylic acids is 3. The number of ether oxygens (including phenoxy) is 2. The number of aliphatic hydroxyl groups is 1. The van der Waals surface area contributed by atoms with Crippen LogP contribution in [0, 0.1) is 5.92 Å². The lowest BCUT2D eigenvalue weighted by Crippen LogP contribution is -2.57. The fourth-order valence-electron chi connectivity index (χ4n) is 4.58. The Hall–Kier alpha value is -4.00. The van der Waals surface area contributed by atoms with Crippen molar-refractivity contribution in [1.82, 2.24) is 26.1 Å². The second-order valence-electron chi connectivity index (χ2n) is 11.9. The Morgan fingerprint density at radius 1 is 1.00 bits per heavy atom. The van der Waals surface area contributed by atoms with Crippen LogP contribution in [-0.4, -0.2) is 70.6 Å². The maximum atomic E-state index is 13.5. The molecule has 0 fully saturated rings. The quantitative estimate of drug-likeness (QED) is 0.182. The maximum Gasteiger partial charge on any atom is 0.422 e. The predicted octanol–water partition coefficient (Wildman–Crippen LogP) is 4.91. The minimum Gasteiger partial charge on any atom is -0.453 e. The molecule has 2 unspecified atom stereocenters. The molecule has 11 nitrogen and oxygen atoms in total. The molecule has 0 spiro atoms. The van der Waals surface area contributed by atoms with Gasteiger partial charge in [0.25, 0.3) is 0 Å². The number of nitrogens with zero attached hydrogens (tertiary/aromatic N) is 2. The number of hydrogen-bond donors (Lipinski definition) is 4. The van der Waals surface area contributed by atoms with Crippen molar-refractivity contribution in [3.8, 4) is 10.6 Å². The molecule has 4 atom stereocenters. The van der Waals surface area contributed by atoms with E-state index in [0.717, 1.165) is 21.7 Å². The van der Waals surface area contributed by atoms with Crippen LogP contribution in [0.3, 0.4) is 0 Å². The Bertz CT molecular complexity index is 1350. The monoisotopic (exact) mass is 639 g/mol. The normalized spacial score (nSPS) is 14.1. The van der Waals surface area contributed by atoms with E-state index in [1.807, 2.05) is 73.8 Å². The smallest absolute Gasteiger partial charge is 0.422 e. The molecule has 3 rings (SSSR count). The van der Waals surface area contributed by atoms with E-state index in [1.165, 1.54) is 7.11 Å². The van der Waals surface area contributed by atoms with Crippen LogP contribution >= 0.6 is 11.3 Å². The Kier molecular flexibility index (Phi) is 13.3. The molecule has 244 valence electrons. The standard InChI is InChI=1S/C33H45N5O6S/c1-7-22(2)28(36-31(41)43-6)29(40)35-26(19-23-11-9-8-10-12-23)27(39)21-38(37-32(42)44-33(3,4)5)20-24-13-15-25(16-14-24)30-34-17-18-45-30/h8-18,22,26-28,39H,7,19-21H2,1-6H3,(H,35,40)(H,36,41)(H,37,42)/t22-,26?,27?,28-/m0/s1. The van der Waals surface area contributed by atoms with Crippen molar-refractivity contribution < 1.29 is 29.0 Å². The van der Waals surface area contributed by atoms with Crippen LogP contribution in [0.1, 0.15) is 52.2 Å². The molecule has 0 radical (unpaired) electrons. The number of thiazole rings is 1. The first-order valence-electron chi connectivity index (χ1n) is 15.0. The van der Waals surface area contributed by atoms with Gasteiger partial charge in [0.15, 0.2) is 0 Å². The highest BCUT2D eigenvalue weighted by atomic mass is 32.1. The molecule has 0 aliphatic heterocycles. The molecule has 0 saturated carbocycles. The van der Waals surface area contributed by atoms with Gasteiger partial charge in [0.1, 0.15) is 16.7 Å². The number of benzene rings is 2. The van der Waals surface area contributed by atoms with E-state index < -0.39 is 41.9 Å². The van der Waals surface area contributed by atoms with Gasteiger partial charge in [0.2, 0.25) is 5.91 Å². The first-order valence-corrected chi connectivity index (χ1v) is 15.9. The van der Waals surface area contributed by atoms with Crippen LogP contribution in [0.5, 0.6) is 0 Å². The van der Waals surface area contributed by atoms with Crippen LogP contribution < -0.4 is 16.1 Å². The Balaban J connectivity index is 1.85. The second kappa shape index (κ2) is 16.9. The number of carbonyl (C=O) groups is 3. The van der Waals surface area contributed by atoms with E-state index in [9.17, 15) is 19.5 Å². The maximum absolute atomic E-state index is 13.5. The van der Waals surface area contributed by atoms with Crippen molar-refractivity contribution in [3.05, 3.63) is 77.3 Å². The number of alkyl carbamates (subject to hydrolysis) is 1. The van der Waals surface area contributed by atoms with E-state index in [0.29, 0.717) is 12.8 Å². The Morgan fingerprint density at radius 2 is 1.69 bits per heavy atom. The Labute approximate surface area is 269 Å². The van der Waals surface area contributed by atoms with E-state index in [1.54, 1.807) is 43.3 Å². The minimum atomic E-state index is -1.13. The second-order valence-corrected chi connectivity index (χ2v) is 12.8. The zero-order valence-corrected chi connectivity index (χ0v) is 27.6. The molecule has 0 bridgehead atoms. The number of nitrogens with one attached hydrogen (secondary N) is 3. The average molecular weight is 640 g/mol. The van der Waals surface area contributed by atoms with Crippen molar-refractivity contribution in [2.45, 2.75) is 77.8 Å². The van der Waals surface area contributed by atoms with Crippen LogP contribution in [0.2, 0.25) is 0 Å². The fourth-order valence-corrected chi connectivity index (χ4v) is 5.23. The van der Waals surface area contributed by atoms with Gasteiger partial charge in [-0.2, -0.15) is 0 Å². The SMILES string of the molecule is CC[C@H](C)[C@H](NC(=O)OC)C(=O)NC(Cc1ccccc1)C(O)CN(Cc1ccc(-c2nccs2)cc1)NC(=O)OC(C)(C)C. The first kappa shape index (κ1) is 35.5. The topological polar surface area (TPSA) is 142 Å². The highest BCUT2D eigenvalue weighted by Crippen LogP contribution is 2.22. The third kappa shape index (κ3) is 11.8.